The standard InChI is InChI=1S/C15H14N4O4S/c1-9(2)17-18-14(21)12-6-7-24-15(12)16-13(20)10-4-3-5-11(8-10)19(22)23/h3-8H,1-2H3,(H,16,20)(H,18,21). The molecule has 9 heteroatoms. The maximum atomic E-state index is 12.2. The number of hydrazone groups is 1. The number of carbonyl (C=O) groups excluding carboxylic acids is 2. The number of nitrogens with one attached hydrogen (secondary N) is 2. The van der Waals surface area contributed by atoms with Gasteiger partial charge in [-0.15, -0.1) is 11.3 Å². The van der Waals surface area contributed by atoms with E-state index in [0.717, 1.165) is 0 Å². The van der Waals surface area contributed by atoms with Crippen molar-refractivity contribution in [1.82, 2.24) is 5.43 Å². The van der Waals surface area contributed by atoms with Crippen molar-refractivity contribution in [3.05, 3.63) is 57.0 Å². The van der Waals surface area contributed by atoms with Gasteiger partial charge in [-0.25, -0.2) is 5.43 Å². The minimum absolute atomic E-state index is 0.131. The van der Waals surface area contributed by atoms with Crippen molar-refractivity contribution < 1.29 is 14.5 Å². The van der Waals surface area contributed by atoms with Gasteiger partial charge >= 0.3 is 0 Å². The molecule has 0 spiro atoms. The number of amides is 2. The van der Waals surface area contributed by atoms with Gasteiger partial charge in [-0.05, 0) is 31.4 Å². The summed E-state index contributed by atoms with van der Waals surface area (Å²) in [6.45, 7) is 3.47. The second kappa shape index (κ2) is 7.47. The summed E-state index contributed by atoms with van der Waals surface area (Å²) in [4.78, 5) is 34.5. The van der Waals surface area contributed by atoms with Gasteiger partial charge in [-0.2, -0.15) is 5.10 Å². The zero-order chi connectivity index (χ0) is 17.7. The predicted molar refractivity (Wildman–Crippen MR) is 91.6 cm³/mol. The lowest BCUT2D eigenvalue weighted by Gasteiger charge is -2.06. The molecule has 1 aromatic carbocycles. The highest BCUT2D eigenvalue weighted by Crippen LogP contribution is 2.24. The number of rotatable bonds is 5. The van der Waals surface area contributed by atoms with E-state index in [1.54, 1.807) is 25.3 Å². The van der Waals surface area contributed by atoms with Crippen molar-refractivity contribution in [3.63, 3.8) is 0 Å². The lowest BCUT2D eigenvalue weighted by Crippen LogP contribution is -2.20. The summed E-state index contributed by atoms with van der Waals surface area (Å²) in [6.07, 6.45) is 0. The number of carbonyl (C=O) groups is 2. The van der Waals surface area contributed by atoms with E-state index in [0.29, 0.717) is 10.7 Å². The molecule has 0 aliphatic heterocycles. The Morgan fingerprint density at radius 3 is 2.62 bits per heavy atom. The molecule has 2 rings (SSSR count). The van der Waals surface area contributed by atoms with Crippen LogP contribution in [-0.2, 0) is 0 Å². The number of nitro benzene ring substituents is 1. The Morgan fingerprint density at radius 1 is 1.21 bits per heavy atom. The van der Waals surface area contributed by atoms with Crippen LogP contribution in [0.25, 0.3) is 0 Å². The number of benzene rings is 1. The largest absolute Gasteiger partial charge is 0.313 e. The molecular weight excluding hydrogens is 332 g/mol. The average Bonchev–Trinajstić information content (AvgIpc) is 3.00. The SMILES string of the molecule is CC(C)=NNC(=O)c1ccsc1NC(=O)c1cccc([N+](=O)[O-])c1. The molecule has 2 N–H and O–H groups in total. The smallest absolute Gasteiger partial charge is 0.274 e. The molecule has 0 unspecified atom stereocenters. The van der Waals surface area contributed by atoms with Crippen molar-refractivity contribution in [2.24, 2.45) is 5.10 Å². The maximum Gasteiger partial charge on any atom is 0.274 e. The van der Waals surface area contributed by atoms with Crippen molar-refractivity contribution in [1.29, 1.82) is 0 Å². The fourth-order valence-electron chi connectivity index (χ4n) is 1.74. The van der Waals surface area contributed by atoms with E-state index in [-0.39, 0.29) is 16.8 Å². The zero-order valence-corrected chi connectivity index (χ0v) is 13.7. The van der Waals surface area contributed by atoms with Gasteiger partial charge in [0.1, 0.15) is 5.00 Å². The first-order chi connectivity index (χ1) is 11.4. The Kier molecular flexibility index (Phi) is 5.38. The quantitative estimate of drug-likeness (QED) is 0.492. The number of nitrogens with zero attached hydrogens (tertiary/aromatic N) is 2. The lowest BCUT2D eigenvalue weighted by molar-refractivity contribution is -0.384. The van der Waals surface area contributed by atoms with Gasteiger partial charge in [0, 0.05) is 23.4 Å². The van der Waals surface area contributed by atoms with Crippen LogP contribution < -0.4 is 10.7 Å². The van der Waals surface area contributed by atoms with Crippen LogP contribution in [0.4, 0.5) is 10.7 Å². The summed E-state index contributed by atoms with van der Waals surface area (Å²) in [5, 5.41) is 19.2. The third kappa shape index (κ3) is 4.23. The van der Waals surface area contributed by atoms with Gasteiger partial charge in [0.15, 0.2) is 0 Å². The zero-order valence-electron chi connectivity index (χ0n) is 12.9. The van der Waals surface area contributed by atoms with Crippen molar-refractivity contribution >= 4 is 39.6 Å². The predicted octanol–water partition coefficient (Wildman–Crippen LogP) is 3.03. The van der Waals surface area contributed by atoms with E-state index in [1.807, 2.05) is 0 Å². The van der Waals surface area contributed by atoms with E-state index in [4.69, 9.17) is 0 Å². The molecule has 0 saturated carbocycles. The average molecular weight is 346 g/mol. The molecule has 1 aromatic heterocycles. The summed E-state index contributed by atoms with van der Waals surface area (Å²) in [5.41, 5.74) is 3.28. The van der Waals surface area contributed by atoms with Gasteiger partial charge in [0.2, 0.25) is 0 Å². The molecule has 2 aromatic rings. The monoisotopic (exact) mass is 346 g/mol. The van der Waals surface area contributed by atoms with E-state index >= 15 is 0 Å². The molecule has 0 aliphatic rings. The summed E-state index contributed by atoms with van der Waals surface area (Å²) in [7, 11) is 0. The Morgan fingerprint density at radius 2 is 1.96 bits per heavy atom. The third-order valence-corrected chi connectivity index (χ3v) is 3.67. The molecule has 124 valence electrons. The Bertz CT molecular complexity index is 824. The molecule has 0 atom stereocenters. The lowest BCUT2D eigenvalue weighted by atomic mass is 10.2. The highest BCUT2D eigenvalue weighted by molar-refractivity contribution is 7.14. The van der Waals surface area contributed by atoms with E-state index < -0.39 is 16.7 Å². The van der Waals surface area contributed by atoms with Gasteiger partial charge < -0.3 is 5.32 Å². The molecule has 0 fully saturated rings. The summed E-state index contributed by atoms with van der Waals surface area (Å²) >= 11 is 1.17. The molecule has 0 aliphatic carbocycles. The molecular formula is C15H14N4O4S. The number of non-ortho nitro benzene ring substituents is 1. The van der Waals surface area contributed by atoms with Crippen LogP contribution in [-0.4, -0.2) is 22.4 Å². The van der Waals surface area contributed by atoms with Crippen molar-refractivity contribution in [2.75, 3.05) is 5.32 Å². The van der Waals surface area contributed by atoms with Gasteiger partial charge in [0.05, 0.1) is 10.5 Å². The number of hydrogen-bond donors (Lipinski definition) is 2. The summed E-state index contributed by atoms with van der Waals surface area (Å²) < 4.78 is 0. The van der Waals surface area contributed by atoms with Crippen LogP contribution in [0.15, 0.2) is 40.8 Å². The molecule has 2 amide bonds. The fourth-order valence-corrected chi connectivity index (χ4v) is 2.52. The normalized spacial score (nSPS) is 9.92. The number of thiophene rings is 1. The Labute approximate surface area is 141 Å². The van der Waals surface area contributed by atoms with Gasteiger partial charge in [0.25, 0.3) is 17.5 Å². The highest BCUT2D eigenvalue weighted by atomic mass is 32.1. The molecule has 0 radical (unpaired) electrons. The minimum atomic E-state index is -0.577. The number of nitro groups is 1. The topological polar surface area (TPSA) is 114 Å². The first-order valence-corrected chi connectivity index (χ1v) is 7.71. The molecule has 0 saturated heterocycles. The fraction of sp³-hybridized carbons (Fsp3) is 0.133. The van der Waals surface area contributed by atoms with Crippen molar-refractivity contribution in [3.8, 4) is 0 Å². The van der Waals surface area contributed by atoms with E-state index in [2.05, 4.69) is 15.8 Å². The summed E-state index contributed by atoms with van der Waals surface area (Å²) in [6, 6.07) is 6.91. The number of anilines is 1. The Balaban J connectivity index is 2.17. The minimum Gasteiger partial charge on any atom is -0.313 e. The number of hydrogen-bond acceptors (Lipinski definition) is 6. The van der Waals surface area contributed by atoms with Crippen LogP contribution in [0.1, 0.15) is 34.6 Å². The van der Waals surface area contributed by atoms with Crippen LogP contribution >= 0.6 is 11.3 Å². The first-order valence-electron chi connectivity index (χ1n) is 6.83. The molecule has 1 heterocycles. The maximum absolute atomic E-state index is 12.2. The third-order valence-electron chi connectivity index (χ3n) is 2.84. The van der Waals surface area contributed by atoms with Crippen LogP contribution in [0, 0.1) is 10.1 Å². The first kappa shape index (κ1) is 17.3. The van der Waals surface area contributed by atoms with E-state index in [9.17, 15) is 19.7 Å². The van der Waals surface area contributed by atoms with Crippen LogP contribution in [0.2, 0.25) is 0 Å². The van der Waals surface area contributed by atoms with Gasteiger partial charge in [-0.3, -0.25) is 19.7 Å². The summed E-state index contributed by atoms with van der Waals surface area (Å²) in [5.74, 6) is -0.989. The van der Waals surface area contributed by atoms with Gasteiger partial charge in [-0.1, -0.05) is 6.07 Å². The van der Waals surface area contributed by atoms with E-state index in [1.165, 1.54) is 35.6 Å². The molecule has 24 heavy (non-hydrogen) atoms. The van der Waals surface area contributed by atoms with Crippen LogP contribution in [0.3, 0.4) is 0 Å². The second-order valence-corrected chi connectivity index (χ2v) is 5.84. The highest BCUT2D eigenvalue weighted by Gasteiger charge is 2.17. The Hall–Kier alpha value is -3.07. The molecule has 0 bridgehead atoms. The second-order valence-electron chi connectivity index (χ2n) is 4.92. The van der Waals surface area contributed by atoms with Crippen molar-refractivity contribution in [2.45, 2.75) is 13.8 Å². The van der Waals surface area contributed by atoms with Crippen LogP contribution in [0.5, 0.6) is 0 Å². The molecule has 8 nitrogen and oxygen atoms in total.